The first kappa shape index (κ1) is 12.4. The van der Waals surface area contributed by atoms with Crippen LogP contribution in [0.15, 0.2) is 55.0 Å². The zero-order chi connectivity index (χ0) is 11.8. The Bertz CT molecular complexity index is 341. The minimum Gasteiger partial charge on any atom is -0.513 e. The molecular weight excluding hydrogens is 200 g/mol. The summed E-state index contributed by atoms with van der Waals surface area (Å²) in [6.07, 6.45) is 2.18. The minimum atomic E-state index is 0.218. The number of aliphatic hydroxyl groups is 1. The van der Waals surface area contributed by atoms with Gasteiger partial charge >= 0.3 is 0 Å². The molecule has 16 heavy (non-hydrogen) atoms. The predicted molar refractivity (Wildman–Crippen MR) is 66.0 cm³/mol. The second-order valence-electron chi connectivity index (χ2n) is 3.73. The lowest BCUT2D eigenvalue weighted by Crippen LogP contribution is -1.93. The van der Waals surface area contributed by atoms with Gasteiger partial charge in [0, 0.05) is 12.8 Å². The molecule has 0 spiro atoms. The molecule has 0 bridgehead atoms. The summed E-state index contributed by atoms with van der Waals surface area (Å²) in [4.78, 5) is 0. The molecule has 86 valence electrons. The molecule has 1 N–H and O–H groups in total. The molecule has 1 aromatic carbocycles. The van der Waals surface area contributed by atoms with E-state index in [0.29, 0.717) is 13.0 Å². The first-order valence-electron chi connectivity index (χ1n) is 5.39. The SMILES string of the molecule is C=C(O)CCCC(=C)OCc1ccccc1. The summed E-state index contributed by atoms with van der Waals surface area (Å²) in [5.41, 5.74) is 1.13. The first-order chi connectivity index (χ1) is 7.68. The van der Waals surface area contributed by atoms with E-state index in [1.54, 1.807) is 0 Å². The number of allylic oxidation sites excluding steroid dienone is 2. The lowest BCUT2D eigenvalue weighted by Gasteiger charge is -2.08. The monoisotopic (exact) mass is 218 g/mol. The highest BCUT2D eigenvalue weighted by Crippen LogP contribution is 2.11. The molecule has 0 aliphatic heterocycles. The molecule has 0 fully saturated rings. The standard InChI is InChI=1S/C14H18O2/c1-12(15)7-6-8-13(2)16-11-14-9-4-3-5-10-14/h3-5,9-10,15H,1-2,6-8,11H2. The Labute approximate surface area is 96.9 Å². The third-order valence-corrected chi connectivity index (χ3v) is 2.21. The van der Waals surface area contributed by atoms with Crippen molar-refractivity contribution in [3.05, 3.63) is 60.6 Å². The zero-order valence-corrected chi connectivity index (χ0v) is 9.48. The van der Waals surface area contributed by atoms with E-state index in [0.717, 1.165) is 24.2 Å². The topological polar surface area (TPSA) is 29.5 Å². The lowest BCUT2D eigenvalue weighted by atomic mass is 10.2. The van der Waals surface area contributed by atoms with Gasteiger partial charge in [-0.1, -0.05) is 43.5 Å². The average Bonchev–Trinajstić information content (AvgIpc) is 2.27. The van der Waals surface area contributed by atoms with E-state index in [9.17, 15) is 0 Å². The van der Waals surface area contributed by atoms with Crippen LogP contribution in [0.5, 0.6) is 0 Å². The van der Waals surface area contributed by atoms with Gasteiger partial charge in [-0.25, -0.2) is 0 Å². The molecule has 2 nitrogen and oxygen atoms in total. The maximum absolute atomic E-state index is 8.91. The Kier molecular flexibility index (Phi) is 5.20. The minimum absolute atomic E-state index is 0.218. The molecule has 0 unspecified atom stereocenters. The molecule has 0 radical (unpaired) electrons. The molecule has 0 aliphatic rings. The van der Waals surface area contributed by atoms with Crippen LogP contribution in [-0.4, -0.2) is 5.11 Å². The number of rotatable bonds is 7. The Morgan fingerprint density at radius 2 is 1.81 bits per heavy atom. The summed E-state index contributed by atoms with van der Waals surface area (Å²) >= 11 is 0. The first-order valence-corrected chi connectivity index (χ1v) is 5.39. The Morgan fingerprint density at radius 3 is 2.44 bits per heavy atom. The maximum atomic E-state index is 8.91. The van der Waals surface area contributed by atoms with E-state index < -0.39 is 0 Å². The van der Waals surface area contributed by atoms with Crippen molar-refractivity contribution < 1.29 is 9.84 Å². The average molecular weight is 218 g/mol. The fourth-order valence-electron chi connectivity index (χ4n) is 1.32. The molecule has 1 rings (SSSR count). The van der Waals surface area contributed by atoms with Crippen LogP contribution in [0.2, 0.25) is 0 Å². The summed E-state index contributed by atoms with van der Waals surface area (Å²) in [5.74, 6) is 0.973. The van der Waals surface area contributed by atoms with Crippen LogP contribution in [0, 0.1) is 0 Å². The van der Waals surface area contributed by atoms with Crippen LogP contribution in [0.1, 0.15) is 24.8 Å². The molecule has 0 amide bonds. The number of benzene rings is 1. The Morgan fingerprint density at radius 1 is 1.12 bits per heavy atom. The van der Waals surface area contributed by atoms with Gasteiger partial charge in [-0.05, 0) is 12.0 Å². The fraction of sp³-hybridized carbons (Fsp3) is 0.286. The highest BCUT2D eigenvalue weighted by molar-refractivity contribution is 5.13. The van der Waals surface area contributed by atoms with E-state index in [4.69, 9.17) is 9.84 Å². The Balaban J connectivity index is 2.18. The maximum Gasteiger partial charge on any atom is 0.113 e. The van der Waals surface area contributed by atoms with Gasteiger partial charge in [-0.15, -0.1) is 0 Å². The van der Waals surface area contributed by atoms with Crippen LogP contribution in [-0.2, 0) is 11.3 Å². The smallest absolute Gasteiger partial charge is 0.113 e. The summed E-state index contributed by atoms with van der Waals surface area (Å²) in [6, 6.07) is 9.98. The molecule has 0 saturated heterocycles. The van der Waals surface area contributed by atoms with E-state index in [1.165, 1.54) is 0 Å². The number of hydrogen-bond donors (Lipinski definition) is 1. The summed E-state index contributed by atoms with van der Waals surface area (Å²) in [6.45, 7) is 7.82. The van der Waals surface area contributed by atoms with Crippen molar-refractivity contribution in [3.8, 4) is 0 Å². The second-order valence-corrected chi connectivity index (χ2v) is 3.73. The van der Waals surface area contributed by atoms with Crippen LogP contribution in [0.25, 0.3) is 0 Å². The van der Waals surface area contributed by atoms with E-state index in [2.05, 4.69) is 13.2 Å². The van der Waals surface area contributed by atoms with Crippen molar-refractivity contribution in [1.29, 1.82) is 0 Å². The fourth-order valence-corrected chi connectivity index (χ4v) is 1.32. The molecule has 0 heterocycles. The summed E-state index contributed by atoms with van der Waals surface area (Å²) in [7, 11) is 0. The van der Waals surface area contributed by atoms with Gasteiger partial charge < -0.3 is 9.84 Å². The van der Waals surface area contributed by atoms with Gasteiger partial charge in [0.25, 0.3) is 0 Å². The van der Waals surface area contributed by atoms with Crippen LogP contribution in [0.3, 0.4) is 0 Å². The highest BCUT2D eigenvalue weighted by Gasteiger charge is 1.98. The van der Waals surface area contributed by atoms with Crippen LogP contribution in [0.4, 0.5) is 0 Å². The van der Waals surface area contributed by atoms with Crippen molar-refractivity contribution in [1.82, 2.24) is 0 Å². The number of aliphatic hydroxyl groups excluding tert-OH is 1. The molecule has 0 atom stereocenters. The normalized spacial score (nSPS) is 9.75. The third kappa shape index (κ3) is 5.25. The van der Waals surface area contributed by atoms with E-state index in [1.807, 2.05) is 30.3 Å². The molecule has 0 aliphatic carbocycles. The third-order valence-electron chi connectivity index (χ3n) is 2.21. The largest absolute Gasteiger partial charge is 0.513 e. The molecular formula is C14H18O2. The second kappa shape index (κ2) is 6.72. The quantitative estimate of drug-likeness (QED) is 0.702. The van der Waals surface area contributed by atoms with Gasteiger partial charge in [0.15, 0.2) is 0 Å². The number of hydrogen-bond acceptors (Lipinski definition) is 2. The van der Waals surface area contributed by atoms with Crippen molar-refractivity contribution in [3.63, 3.8) is 0 Å². The van der Waals surface area contributed by atoms with Gasteiger partial charge in [-0.2, -0.15) is 0 Å². The van der Waals surface area contributed by atoms with Gasteiger partial charge in [0.1, 0.15) is 6.61 Å². The van der Waals surface area contributed by atoms with E-state index >= 15 is 0 Å². The molecule has 0 aromatic heterocycles. The summed E-state index contributed by atoms with van der Waals surface area (Å²) in [5, 5.41) is 8.91. The zero-order valence-electron chi connectivity index (χ0n) is 9.48. The predicted octanol–water partition coefficient (Wildman–Crippen LogP) is 3.96. The lowest BCUT2D eigenvalue weighted by molar-refractivity contribution is 0.188. The molecule has 1 aromatic rings. The highest BCUT2D eigenvalue weighted by atomic mass is 16.5. The number of ether oxygens (including phenoxy) is 1. The van der Waals surface area contributed by atoms with Crippen molar-refractivity contribution >= 4 is 0 Å². The van der Waals surface area contributed by atoms with Crippen molar-refractivity contribution in [2.45, 2.75) is 25.9 Å². The van der Waals surface area contributed by atoms with Gasteiger partial charge in [-0.3, -0.25) is 0 Å². The summed E-state index contributed by atoms with van der Waals surface area (Å²) < 4.78 is 5.50. The van der Waals surface area contributed by atoms with Crippen LogP contribution < -0.4 is 0 Å². The molecule has 0 saturated carbocycles. The Hall–Kier alpha value is -1.70. The van der Waals surface area contributed by atoms with E-state index in [-0.39, 0.29) is 5.76 Å². The van der Waals surface area contributed by atoms with Gasteiger partial charge in [0.05, 0.1) is 11.5 Å². The van der Waals surface area contributed by atoms with Gasteiger partial charge in [0.2, 0.25) is 0 Å². The van der Waals surface area contributed by atoms with Crippen molar-refractivity contribution in [2.75, 3.05) is 0 Å². The van der Waals surface area contributed by atoms with Crippen molar-refractivity contribution in [2.24, 2.45) is 0 Å². The molecule has 2 heteroatoms. The van der Waals surface area contributed by atoms with Crippen LogP contribution >= 0.6 is 0 Å².